The molecule has 0 atom stereocenters. The van der Waals surface area contributed by atoms with Gasteiger partial charge in [0.25, 0.3) is 5.69 Å². The van der Waals surface area contributed by atoms with E-state index in [1.54, 1.807) is 12.1 Å². The van der Waals surface area contributed by atoms with Gasteiger partial charge in [0.2, 0.25) is 0 Å². The summed E-state index contributed by atoms with van der Waals surface area (Å²) in [6.45, 7) is 0. The molecule has 3 rings (SSSR count). The van der Waals surface area contributed by atoms with Crippen molar-refractivity contribution in [3.63, 3.8) is 0 Å². The number of nitrogens with zero attached hydrogens (tertiary/aromatic N) is 2. The van der Waals surface area contributed by atoms with Crippen molar-refractivity contribution in [2.24, 2.45) is 5.92 Å². The zero-order valence-corrected chi connectivity index (χ0v) is 8.64. The number of hydrogen-bond donors (Lipinski definition) is 1. The summed E-state index contributed by atoms with van der Waals surface area (Å²) in [5.41, 5.74) is 1.67. The van der Waals surface area contributed by atoms with Crippen LogP contribution in [0.5, 0.6) is 0 Å². The van der Waals surface area contributed by atoms with E-state index in [9.17, 15) is 10.1 Å². The monoisotopic (exact) mass is 217 g/mol. The third-order valence-electron chi connectivity index (χ3n) is 2.90. The van der Waals surface area contributed by atoms with Gasteiger partial charge in [0, 0.05) is 18.6 Å². The van der Waals surface area contributed by atoms with E-state index in [0.717, 1.165) is 29.2 Å². The number of nitrogens with one attached hydrogen (secondary N) is 1. The molecule has 1 aromatic carbocycles. The number of rotatable bonds is 3. The Balaban J connectivity index is 1.99. The Morgan fingerprint density at radius 3 is 3.00 bits per heavy atom. The fourth-order valence-electron chi connectivity index (χ4n) is 1.86. The first-order chi connectivity index (χ1) is 7.72. The summed E-state index contributed by atoms with van der Waals surface area (Å²) in [6, 6.07) is 4.73. The van der Waals surface area contributed by atoms with Crippen LogP contribution in [0.4, 0.5) is 5.69 Å². The van der Waals surface area contributed by atoms with E-state index in [1.807, 2.05) is 0 Å². The van der Waals surface area contributed by atoms with Gasteiger partial charge >= 0.3 is 0 Å². The van der Waals surface area contributed by atoms with Crippen LogP contribution >= 0.6 is 0 Å². The van der Waals surface area contributed by atoms with Gasteiger partial charge in [-0.2, -0.15) is 0 Å². The number of nitro benzene ring substituents is 1. The Morgan fingerprint density at radius 1 is 1.50 bits per heavy atom. The molecule has 0 aliphatic heterocycles. The van der Waals surface area contributed by atoms with E-state index in [0.29, 0.717) is 0 Å². The molecule has 2 aromatic rings. The van der Waals surface area contributed by atoms with Crippen LogP contribution < -0.4 is 0 Å². The van der Waals surface area contributed by atoms with Crippen molar-refractivity contribution < 1.29 is 4.92 Å². The van der Waals surface area contributed by atoms with Crippen LogP contribution in [0.2, 0.25) is 0 Å². The summed E-state index contributed by atoms with van der Waals surface area (Å²) < 4.78 is 0. The molecule has 1 aliphatic rings. The number of imidazole rings is 1. The fourth-order valence-corrected chi connectivity index (χ4v) is 1.86. The fraction of sp³-hybridized carbons (Fsp3) is 0.364. The molecule has 0 radical (unpaired) electrons. The van der Waals surface area contributed by atoms with E-state index < -0.39 is 0 Å². The maximum Gasteiger partial charge on any atom is 0.271 e. The van der Waals surface area contributed by atoms with Crippen LogP contribution in [-0.4, -0.2) is 14.9 Å². The summed E-state index contributed by atoms with van der Waals surface area (Å²) >= 11 is 0. The molecule has 5 nitrogen and oxygen atoms in total. The summed E-state index contributed by atoms with van der Waals surface area (Å²) in [5, 5.41) is 10.6. The number of benzene rings is 1. The molecule has 1 fully saturated rings. The van der Waals surface area contributed by atoms with E-state index in [4.69, 9.17) is 0 Å². The van der Waals surface area contributed by atoms with Gasteiger partial charge in [-0.25, -0.2) is 4.98 Å². The number of H-pyrrole nitrogens is 1. The predicted molar refractivity (Wildman–Crippen MR) is 59.2 cm³/mol. The number of nitro groups is 1. The molecule has 1 aliphatic carbocycles. The van der Waals surface area contributed by atoms with Crippen molar-refractivity contribution in [1.82, 2.24) is 9.97 Å². The Bertz CT molecular complexity index is 557. The third kappa shape index (κ3) is 1.64. The number of fused-ring (bicyclic) bond motifs is 1. The largest absolute Gasteiger partial charge is 0.342 e. The number of hydrogen-bond acceptors (Lipinski definition) is 3. The minimum Gasteiger partial charge on any atom is -0.342 e. The second-order valence-corrected chi connectivity index (χ2v) is 4.29. The van der Waals surface area contributed by atoms with E-state index in [-0.39, 0.29) is 10.6 Å². The quantitative estimate of drug-likeness (QED) is 0.633. The number of non-ortho nitro benzene ring substituents is 1. The average molecular weight is 217 g/mol. The Morgan fingerprint density at radius 2 is 2.31 bits per heavy atom. The van der Waals surface area contributed by atoms with Crippen LogP contribution in [0, 0.1) is 16.0 Å². The molecule has 0 bridgehead atoms. The van der Waals surface area contributed by atoms with Crippen molar-refractivity contribution in [3.05, 3.63) is 34.1 Å². The maximum atomic E-state index is 10.6. The smallest absolute Gasteiger partial charge is 0.271 e. The molecule has 16 heavy (non-hydrogen) atoms. The van der Waals surface area contributed by atoms with Crippen molar-refractivity contribution in [1.29, 1.82) is 0 Å². The van der Waals surface area contributed by atoms with Gasteiger partial charge in [-0.1, -0.05) is 0 Å². The van der Waals surface area contributed by atoms with Gasteiger partial charge in [0.1, 0.15) is 5.82 Å². The molecular formula is C11H11N3O2. The third-order valence-corrected chi connectivity index (χ3v) is 2.90. The molecule has 1 N–H and O–H groups in total. The summed E-state index contributed by atoms with van der Waals surface area (Å²) in [7, 11) is 0. The zero-order valence-electron chi connectivity index (χ0n) is 8.64. The van der Waals surface area contributed by atoms with Gasteiger partial charge in [-0.3, -0.25) is 10.1 Å². The average Bonchev–Trinajstić information content (AvgIpc) is 2.96. The lowest BCUT2D eigenvalue weighted by Gasteiger charge is -1.90. The van der Waals surface area contributed by atoms with Gasteiger partial charge in [0.05, 0.1) is 16.0 Å². The molecule has 5 heteroatoms. The van der Waals surface area contributed by atoms with Gasteiger partial charge in [-0.15, -0.1) is 0 Å². The van der Waals surface area contributed by atoms with Crippen molar-refractivity contribution in [2.75, 3.05) is 0 Å². The molecule has 0 spiro atoms. The molecule has 82 valence electrons. The highest BCUT2D eigenvalue weighted by molar-refractivity contribution is 5.77. The standard InChI is InChI=1S/C11H11N3O2/c15-14(16)8-3-4-9-10(6-8)13-11(12-9)5-7-1-2-7/h3-4,6-7H,1-2,5H2,(H,12,13). The topological polar surface area (TPSA) is 71.8 Å². The predicted octanol–water partition coefficient (Wildman–Crippen LogP) is 2.42. The molecule has 0 unspecified atom stereocenters. The highest BCUT2D eigenvalue weighted by Gasteiger charge is 2.23. The molecule has 1 saturated carbocycles. The summed E-state index contributed by atoms with van der Waals surface area (Å²) in [4.78, 5) is 17.8. The Kier molecular flexibility index (Phi) is 1.92. The first-order valence-electron chi connectivity index (χ1n) is 5.35. The first kappa shape index (κ1) is 9.33. The molecular weight excluding hydrogens is 206 g/mol. The molecule has 0 amide bonds. The van der Waals surface area contributed by atoms with Crippen LogP contribution in [0.1, 0.15) is 18.7 Å². The molecule has 0 saturated heterocycles. The van der Waals surface area contributed by atoms with E-state index in [2.05, 4.69) is 9.97 Å². The van der Waals surface area contributed by atoms with Gasteiger partial charge in [-0.05, 0) is 24.8 Å². The van der Waals surface area contributed by atoms with Crippen molar-refractivity contribution in [3.8, 4) is 0 Å². The van der Waals surface area contributed by atoms with Crippen LogP contribution in [0.25, 0.3) is 11.0 Å². The normalized spacial score (nSPS) is 15.5. The number of aromatic amines is 1. The number of aromatic nitrogens is 2. The maximum absolute atomic E-state index is 10.6. The molecule has 1 heterocycles. The summed E-state index contributed by atoms with van der Waals surface area (Å²) in [5.74, 6) is 1.70. The SMILES string of the molecule is O=[N+]([O-])c1ccc2nc(CC3CC3)[nH]c2c1. The minimum absolute atomic E-state index is 0.106. The Hall–Kier alpha value is -1.91. The highest BCUT2D eigenvalue weighted by atomic mass is 16.6. The molecule has 1 aromatic heterocycles. The first-order valence-corrected chi connectivity index (χ1v) is 5.35. The lowest BCUT2D eigenvalue weighted by atomic mass is 10.3. The Labute approximate surface area is 91.6 Å². The lowest BCUT2D eigenvalue weighted by molar-refractivity contribution is -0.384. The zero-order chi connectivity index (χ0) is 11.1. The highest BCUT2D eigenvalue weighted by Crippen LogP contribution is 2.32. The second-order valence-electron chi connectivity index (χ2n) is 4.29. The van der Waals surface area contributed by atoms with Crippen LogP contribution in [-0.2, 0) is 6.42 Å². The van der Waals surface area contributed by atoms with Crippen molar-refractivity contribution >= 4 is 16.7 Å². The minimum atomic E-state index is -0.388. The van der Waals surface area contributed by atoms with Crippen LogP contribution in [0.15, 0.2) is 18.2 Å². The van der Waals surface area contributed by atoms with Gasteiger partial charge in [0.15, 0.2) is 0 Å². The lowest BCUT2D eigenvalue weighted by Crippen LogP contribution is -1.88. The van der Waals surface area contributed by atoms with E-state index >= 15 is 0 Å². The van der Waals surface area contributed by atoms with Gasteiger partial charge < -0.3 is 4.98 Å². The second kappa shape index (κ2) is 3.30. The van der Waals surface area contributed by atoms with E-state index in [1.165, 1.54) is 18.9 Å². The van der Waals surface area contributed by atoms with Crippen molar-refractivity contribution in [2.45, 2.75) is 19.3 Å². The summed E-state index contributed by atoms with van der Waals surface area (Å²) in [6.07, 6.45) is 3.51. The van der Waals surface area contributed by atoms with Crippen LogP contribution in [0.3, 0.4) is 0 Å².